The Bertz CT molecular complexity index is 459. The molecule has 1 rings (SSSR count). The number of nitrogens with zero attached hydrogens (tertiary/aromatic N) is 2. The SMILES string of the molecule is Cc1ccc([N+](=O)[O-])cc1C(=O)N(C)CCCO. The van der Waals surface area contributed by atoms with Crippen molar-refractivity contribution in [2.24, 2.45) is 0 Å². The van der Waals surface area contributed by atoms with Gasteiger partial charge in [0, 0.05) is 37.9 Å². The van der Waals surface area contributed by atoms with Gasteiger partial charge in [0.2, 0.25) is 0 Å². The number of hydrogen-bond donors (Lipinski definition) is 1. The molecule has 0 radical (unpaired) electrons. The topological polar surface area (TPSA) is 83.7 Å². The van der Waals surface area contributed by atoms with E-state index >= 15 is 0 Å². The van der Waals surface area contributed by atoms with E-state index < -0.39 is 4.92 Å². The fourth-order valence-corrected chi connectivity index (χ4v) is 1.57. The summed E-state index contributed by atoms with van der Waals surface area (Å²) in [5, 5.41) is 19.4. The van der Waals surface area contributed by atoms with Crippen molar-refractivity contribution >= 4 is 11.6 Å². The van der Waals surface area contributed by atoms with Gasteiger partial charge >= 0.3 is 0 Å². The summed E-state index contributed by atoms with van der Waals surface area (Å²) in [6, 6.07) is 4.22. The lowest BCUT2D eigenvalue weighted by Crippen LogP contribution is -2.28. The number of aliphatic hydroxyl groups excluding tert-OH is 1. The molecule has 0 aliphatic carbocycles. The van der Waals surface area contributed by atoms with Crippen LogP contribution in [0.1, 0.15) is 22.3 Å². The van der Waals surface area contributed by atoms with Gasteiger partial charge < -0.3 is 10.0 Å². The largest absolute Gasteiger partial charge is 0.396 e. The fraction of sp³-hybridized carbons (Fsp3) is 0.417. The number of carbonyl (C=O) groups is 1. The van der Waals surface area contributed by atoms with Gasteiger partial charge in [0.15, 0.2) is 0 Å². The summed E-state index contributed by atoms with van der Waals surface area (Å²) < 4.78 is 0. The number of carbonyl (C=O) groups excluding carboxylic acids is 1. The number of benzene rings is 1. The highest BCUT2D eigenvalue weighted by Gasteiger charge is 2.17. The minimum Gasteiger partial charge on any atom is -0.396 e. The molecule has 0 unspecified atom stereocenters. The quantitative estimate of drug-likeness (QED) is 0.633. The molecule has 0 aromatic heterocycles. The molecule has 0 heterocycles. The van der Waals surface area contributed by atoms with Gasteiger partial charge in [0.1, 0.15) is 0 Å². The second-order valence-corrected chi connectivity index (χ2v) is 4.06. The van der Waals surface area contributed by atoms with Gasteiger partial charge in [-0.05, 0) is 18.9 Å². The van der Waals surface area contributed by atoms with E-state index in [0.29, 0.717) is 24.1 Å². The summed E-state index contributed by atoms with van der Waals surface area (Å²) in [6.07, 6.45) is 0.482. The van der Waals surface area contributed by atoms with Crippen LogP contribution in [-0.4, -0.2) is 41.0 Å². The third-order valence-electron chi connectivity index (χ3n) is 2.66. The van der Waals surface area contributed by atoms with Crippen LogP contribution in [0, 0.1) is 17.0 Å². The van der Waals surface area contributed by atoms with E-state index in [4.69, 9.17) is 5.11 Å². The van der Waals surface area contributed by atoms with Gasteiger partial charge in [-0.1, -0.05) is 6.07 Å². The molecule has 98 valence electrons. The van der Waals surface area contributed by atoms with E-state index in [0.717, 1.165) is 0 Å². The Balaban J connectivity index is 2.97. The molecule has 0 aliphatic heterocycles. The van der Waals surface area contributed by atoms with Crippen molar-refractivity contribution in [3.63, 3.8) is 0 Å². The molecule has 0 spiro atoms. The number of hydrogen-bond acceptors (Lipinski definition) is 4. The smallest absolute Gasteiger partial charge is 0.270 e. The maximum atomic E-state index is 12.1. The molecular formula is C12H16N2O4. The van der Waals surface area contributed by atoms with Crippen LogP contribution in [0.4, 0.5) is 5.69 Å². The van der Waals surface area contributed by atoms with Crippen molar-refractivity contribution in [3.05, 3.63) is 39.4 Å². The molecule has 0 fully saturated rings. The van der Waals surface area contributed by atoms with Crippen molar-refractivity contribution in [3.8, 4) is 0 Å². The second kappa shape index (κ2) is 6.11. The molecule has 0 aliphatic rings. The second-order valence-electron chi connectivity index (χ2n) is 4.06. The molecule has 6 nitrogen and oxygen atoms in total. The van der Waals surface area contributed by atoms with Crippen LogP contribution in [0.25, 0.3) is 0 Å². The number of amides is 1. The van der Waals surface area contributed by atoms with Gasteiger partial charge in [-0.3, -0.25) is 14.9 Å². The minimum absolute atomic E-state index is 0.00550. The Morgan fingerprint density at radius 3 is 2.72 bits per heavy atom. The van der Waals surface area contributed by atoms with E-state index in [1.54, 1.807) is 20.0 Å². The average Bonchev–Trinajstić information content (AvgIpc) is 2.35. The monoisotopic (exact) mass is 252 g/mol. The lowest BCUT2D eigenvalue weighted by molar-refractivity contribution is -0.384. The van der Waals surface area contributed by atoms with E-state index in [-0.39, 0.29) is 18.2 Å². The van der Waals surface area contributed by atoms with Gasteiger partial charge in [-0.25, -0.2) is 0 Å². The van der Waals surface area contributed by atoms with Gasteiger partial charge in [-0.15, -0.1) is 0 Å². The summed E-state index contributed by atoms with van der Waals surface area (Å²) in [4.78, 5) is 23.7. The van der Waals surface area contributed by atoms with Crippen LogP contribution in [0.3, 0.4) is 0 Å². The number of rotatable bonds is 5. The van der Waals surface area contributed by atoms with Crippen molar-refractivity contribution in [2.45, 2.75) is 13.3 Å². The van der Waals surface area contributed by atoms with Gasteiger partial charge in [0.25, 0.3) is 11.6 Å². The van der Waals surface area contributed by atoms with Crippen molar-refractivity contribution < 1.29 is 14.8 Å². The molecule has 18 heavy (non-hydrogen) atoms. The van der Waals surface area contributed by atoms with E-state index in [1.165, 1.54) is 17.0 Å². The summed E-state index contributed by atoms with van der Waals surface area (Å²) in [7, 11) is 1.61. The van der Waals surface area contributed by atoms with E-state index in [2.05, 4.69) is 0 Å². The van der Waals surface area contributed by atoms with Crippen LogP contribution < -0.4 is 0 Å². The van der Waals surface area contributed by atoms with Crippen LogP contribution in [-0.2, 0) is 0 Å². The maximum Gasteiger partial charge on any atom is 0.270 e. The Morgan fingerprint density at radius 1 is 1.50 bits per heavy atom. The highest BCUT2D eigenvalue weighted by Crippen LogP contribution is 2.18. The number of aliphatic hydroxyl groups is 1. The number of nitro groups is 1. The minimum atomic E-state index is -0.524. The first-order valence-corrected chi connectivity index (χ1v) is 5.58. The first kappa shape index (κ1) is 14.1. The molecule has 0 bridgehead atoms. The Morgan fingerprint density at radius 2 is 2.17 bits per heavy atom. The average molecular weight is 252 g/mol. The van der Waals surface area contributed by atoms with Gasteiger partial charge in [0.05, 0.1) is 4.92 Å². The molecule has 1 amide bonds. The predicted molar refractivity (Wildman–Crippen MR) is 66.5 cm³/mol. The number of aryl methyl sites for hydroxylation is 1. The van der Waals surface area contributed by atoms with Crippen LogP contribution >= 0.6 is 0 Å². The molecule has 0 atom stereocenters. The normalized spacial score (nSPS) is 10.2. The maximum absolute atomic E-state index is 12.1. The first-order chi connectivity index (χ1) is 8.47. The zero-order chi connectivity index (χ0) is 13.7. The lowest BCUT2D eigenvalue weighted by Gasteiger charge is -2.17. The third-order valence-corrected chi connectivity index (χ3v) is 2.66. The van der Waals surface area contributed by atoms with Crippen LogP contribution in [0.5, 0.6) is 0 Å². The molecular weight excluding hydrogens is 236 g/mol. The molecule has 0 saturated heterocycles. The number of nitro benzene ring substituents is 1. The highest BCUT2D eigenvalue weighted by atomic mass is 16.6. The summed E-state index contributed by atoms with van der Waals surface area (Å²) in [5.41, 5.74) is 0.922. The van der Waals surface area contributed by atoms with Crippen molar-refractivity contribution in [2.75, 3.05) is 20.2 Å². The predicted octanol–water partition coefficient (Wildman–Crippen LogP) is 1.36. The lowest BCUT2D eigenvalue weighted by atomic mass is 10.1. The molecule has 0 saturated carbocycles. The number of non-ortho nitro benzene ring substituents is 1. The molecule has 1 aromatic rings. The van der Waals surface area contributed by atoms with Crippen molar-refractivity contribution in [1.29, 1.82) is 0 Å². The zero-order valence-corrected chi connectivity index (χ0v) is 10.4. The summed E-state index contributed by atoms with van der Waals surface area (Å²) >= 11 is 0. The van der Waals surface area contributed by atoms with Crippen molar-refractivity contribution in [1.82, 2.24) is 4.90 Å². The summed E-state index contributed by atoms with van der Waals surface area (Å²) in [6.45, 7) is 2.15. The van der Waals surface area contributed by atoms with Gasteiger partial charge in [-0.2, -0.15) is 0 Å². The van der Waals surface area contributed by atoms with Crippen LogP contribution in [0.2, 0.25) is 0 Å². The Kier molecular flexibility index (Phi) is 4.79. The molecule has 1 aromatic carbocycles. The van der Waals surface area contributed by atoms with Crippen LogP contribution in [0.15, 0.2) is 18.2 Å². The Hall–Kier alpha value is -1.95. The standard InChI is InChI=1S/C12H16N2O4/c1-9-4-5-10(14(17)18)8-11(9)12(16)13(2)6-3-7-15/h4-5,8,15H,3,6-7H2,1-2H3. The molecule has 6 heteroatoms. The zero-order valence-electron chi connectivity index (χ0n) is 10.4. The van der Waals surface area contributed by atoms with E-state index in [9.17, 15) is 14.9 Å². The van der Waals surface area contributed by atoms with E-state index in [1.807, 2.05) is 0 Å². The Labute approximate surface area is 105 Å². The fourth-order valence-electron chi connectivity index (χ4n) is 1.57. The summed E-state index contributed by atoms with van der Waals surface area (Å²) in [5.74, 6) is -0.273. The third kappa shape index (κ3) is 3.27. The highest BCUT2D eigenvalue weighted by molar-refractivity contribution is 5.96. The first-order valence-electron chi connectivity index (χ1n) is 5.58. The molecule has 1 N–H and O–H groups in total.